The number of aromatic nitrogens is 2. The van der Waals surface area contributed by atoms with Crippen LogP contribution in [0.4, 0.5) is 0 Å². The molecule has 4 nitrogen and oxygen atoms in total. The number of nitrogens with zero attached hydrogens (tertiary/aromatic N) is 2. The lowest BCUT2D eigenvalue weighted by Gasteiger charge is -2.06. The average Bonchev–Trinajstić information content (AvgIpc) is 2.72. The molecule has 0 radical (unpaired) electrons. The van der Waals surface area contributed by atoms with E-state index in [2.05, 4.69) is 15.3 Å². The monoisotopic (exact) mass is 261 g/mol. The summed E-state index contributed by atoms with van der Waals surface area (Å²) in [5, 5.41) is 3.66. The highest BCUT2D eigenvalue weighted by Crippen LogP contribution is 2.26. The van der Waals surface area contributed by atoms with E-state index in [4.69, 9.17) is 0 Å². The van der Waals surface area contributed by atoms with Gasteiger partial charge in [0.25, 0.3) is 5.91 Å². The highest BCUT2D eigenvalue weighted by atomic mass is 32.1. The number of carbonyl (C=O) groups is 1. The van der Waals surface area contributed by atoms with E-state index < -0.39 is 0 Å². The average molecular weight is 261 g/mol. The Morgan fingerprint density at radius 1 is 1.39 bits per heavy atom. The molecule has 0 fully saturated rings. The molecule has 94 valence electrons. The lowest BCUT2D eigenvalue weighted by molar-refractivity contribution is 0.0946. The van der Waals surface area contributed by atoms with Crippen LogP contribution in [0, 0.1) is 6.92 Å². The first-order chi connectivity index (χ1) is 8.58. The molecule has 0 bridgehead atoms. The Hall–Kier alpha value is -1.75. The van der Waals surface area contributed by atoms with Gasteiger partial charge in [0, 0.05) is 12.2 Å². The summed E-state index contributed by atoms with van der Waals surface area (Å²) >= 11 is 1.38. The van der Waals surface area contributed by atoms with Gasteiger partial charge in [-0.15, -0.1) is 11.3 Å². The topological polar surface area (TPSA) is 54.9 Å². The maximum absolute atomic E-state index is 12.0. The minimum absolute atomic E-state index is 0.0674. The highest BCUT2D eigenvalue weighted by Gasteiger charge is 2.16. The second kappa shape index (κ2) is 5.27. The van der Waals surface area contributed by atoms with Crippen molar-refractivity contribution in [1.29, 1.82) is 0 Å². The Bertz CT molecular complexity index is 549. The smallest absolute Gasteiger partial charge is 0.263 e. The van der Waals surface area contributed by atoms with Crippen molar-refractivity contribution in [3.8, 4) is 10.7 Å². The van der Waals surface area contributed by atoms with Crippen LogP contribution in [0.25, 0.3) is 10.7 Å². The maximum atomic E-state index is 12.0. The van der Waals surface area contributed by atoms with Crippen molar-refractivity contribution < 1.29 is 4.79 Å². The van der Waals surface area contributed by atoms with Crippen molar-refractivity contribution in [3.05, 3.63) is 35.0 Å². The molecule has 0 aromatic carbocycles. The molecule has 0 saturated heterocycles. The van der Waals surface area contributed by atoms with Crippen LogP contribution < -0.4 is 5.32 Å². The SMILES string of the molecule is Cc1nc(-c2ccccn2)sc1C(=O)NC(C)C. The third-order valence-electron chi connectivity index (χ3n) is 2.31. The van der Waals surface area contributed by atoms with Gasteiger partial charge in [-0.2, -0.15) is 0 Å². The number of aryl methyl sites for hydroxylation is 1. The Morgan fingerprint density at radius 3 is 2.78 bits per heavy atom. The molecule has 5 heteroatoms. The summed E-state index contributed by atoms with van der Waals surface area (Å²) in [4.78, 5) is 21.3. The molecule has 0 spiro atoms. The molecule has 0 aliphatic heterocycles. The lowest BCUT2D eigenvalue weighted by Crippen LogP contribution is -2.29. The zero-order chi connectivity index (χ0) is 13.1. The van der Waals surface area contributed by atoms with Crippen LogP contribution in [-0.4, -0.2) is 21.9 Å². The Balaban J connectivity index is 2.30. The molecule has 0 aliphatic carbocycles. The molecule has 2 rings (SSSR count). The minimum Gasteiger partial charge on any atom is -0.349 e. The van der Waals surface area contributed by atoms with Gasteiger partial charge in [-0.25, -0.2) is 4.98 Å². The molecule has 2 heterocycles. The normalized spacial score (nSPS) is 10.7. The predicted octanol–water partition coefficient (Wildman–Crippen LogP) is 2.65. The van der Waals surface area contributed by atoms with Crippen molar-refractivity contribution in [1.82, 2.24) is 15.3 Å². The predicted molar refractivity (Wildman–Crippen MR) is 72.7 cm³/mol. The van der Waals surface area contributed by atoms with Crippen LogP contribution >= 0.6 is 11.3 Å². The van der Waals surface area contributed by atoms with Gasteiger partial charge in [-0.05, 0) is 32.9 Å². The number of thiazole rings is 1. The Labute approximate surface area is 110 Å². The van der Waals surface area contributed by atoms with Gasteiger partial charge in [0.2, 0.25) is 0 Å². The van der Waals surface area contributed by atoms with Crippen molar-refractivity contribution in [2.45, 2.75) is 26.8 Å². The number of pyridine rings is 1. The molecule has 0 aliphatic rings. The van der Waals surface area contributed by atoms with Gasteiger partial charge in [-0.3, -0.25) is 9.78 Å². The largest absolute Gasteiger partial charge is 0.349 e. The van der Waals surface area contributed by atoms with E-state index in [-0.39, 0.29) is 11.9 Å². The van der Waals surface area contributed by atoms with Gasteiger partial charge in [-0.1, -0.05) is 6.07 Å². The van der Waals surface area contributed by atoms with Crippen molar-refractivity contribution >= 4 is 17.2 Å². The first-order valence-corrected chi connectivity index (χ1v) is 6.59. The molecular formula is C13H15N3OS. The van der Waals surface area contributed by atoms with Gasteiger partial charge in [0.15, 0.2) is 0 Å². The fraction of sp³-hybridized carbons (Fsp3) is 0.308. The second-order valence-corrected chi connectivity index (χ2v) is 5.28. The zero-order valence-corrected chi connectivity index (χ0v) is 11.4. The summed E-state index contributed by atoms with van der Waals surface area (Å²) in [5.41, 5.74) is 1.55. The molecule has 18 heavy (non-hydrogen) atoms. The number of carbonyl (C=O) groups excluding carboxylic acids is 1. The lowest BCUT2D eigenvalue weighted by atomic mass is 10.3. The van der Waals surface area contributed by atoms with E-state index in [9.17, 15) is 4.79 Å². The fourth-order valence-corrected chi connectivity index (χ4v) is 2.48. The minimum atomic E-state index is -0.0674. The van der Waals surface area contributed by atoms with Crippen LogP contribution in [0.3, 0.4) is 0 Å². The van der Waals surface area contributed by atoms with E-state index in [0.717, 1.165) is 16.4 Å². The maximum Gasteiger partial charge on any atom is 0.263 e. The van der Waals surface area contributed by atoms with Crippen LogP contribution in [-0.2, 0) is 0 Å². The molecule has 2 aromatic heterocycles. The first-order valence-electron chi connectivity index (χ1n) is 5.77. The number of hydrogen-bond donors (Lipinski definition) is 1. The molecular weight excluding hydrogens is 246 g/mol. The molecule has 0 atom stereocenters. The third kappa shape index (κ3) is 2.73. The van der Waals surface area contributed by atoms with Gasteiger partial charge < -0.3 is 5.32 Å². The molecule has 0 saturated carbocycles. The van der Waals surface area contributed by atoms with Crippen molar-refractivity contribution in [3.63, 3.8) is 0 Å². The van der Waals surface area contributed by atoms with E-state index in [0.29, 0.717) is 4.88 Å². The zero-order valence-electron chi connectivity index (χ0n) is 10.6. The van der Waals surface area contributed by atoms with Crippen LogP contribution in [0.1, 0.15) is 29.2 Å². The van der Waals surface area contributed by atoms with E-state index >= 15 is 0 Å². The fourth-order valence-electron chi connectivity index (χ4n) is 1.53. The summed E-state index contributed by atoms with van der Waals surface area (Å²) in [6.45, 7) is 5.72. The van der Waals surface area contributed by atoms with Gasteiger partial charge >= 0.3 is 0 Å². The number of hydrogen-bond acceptors (Lipinski definition) is 4. The quantitative estimate of drug-likeness (QED) is 0.924. The molecule has 2 aromatic rings. The number of rotatable bonds is 3. The van der Waals surface area contributed by atoms with Crippen molar-refractivity contribution in [2.24, 2.45) is 0 Å². The summed E-state index contributed by atoms with van der Waals surface area (Å²) < 4.78 is 0. The Kier molecular flexibility index (Phi) is 3.72. The van der Waals surface area contributed by atoms with E-state index in [1.807, 2.05) is 39.0 Å². The Morgan fingerprint density at radius 2 is 2.17 bits per heavy atom. The third-order valence-corrected chi connectivity index (χ3v) is 3.49. The summed E-state index contributed by atoms with van der Waals surface area (Å²) in [5.74, 6) is -0.0674. The number of nitrogens with one attached hydrogen (secondary N) is 1. The highest BCUT2D eigenvalue weighted by molar-refractivity contribution is 7.17. The second-order valence-electron chi connectivity index (χ2n) is 4.28. The van der Waals surface area contributed by atoms with Crippen LogP contribution in [0.15, 0.2) is 24.4 Å². The summed E-state index contributed by atoms with van der Waals surface area (Å²) in [6, 6.07) is 5.78. The van der Waals surface area contributed by atoms with Gasteiger partial charge in [0.1, 0.15) is 9.88 Å². The van der Waals surface area contributed by atoms with Crippen LogP contribution in [0.5, 0.6) is 0 Å². The number of amides is 1. The summed E-state index contributed by atoms with van der Waals surface area (Å²) in [6.07, 6.45) is 1.72. The van der Waals surface area contributed by atoms with Gasteiger partial charge in [0.05, 0.1) is 11.4 Å². The standard InChI is InChI=1S/C13H15N3OS/c1-8(2)15-12(17)11-9(3)16-13(18-11)10-6-4-5-7-14-10/h4-8H,1-3H3,(H,15,17). The summed E-state index contributed by atoms with van der Waals surface area (Å²) in [7, 11) is 0. The van der Waals surface area contributed by atoms with E-state index in [1.165, 1.54) is 11.3 Å². The first kappa shape index (κ1) is 12.7. The van der Waals surface area contributed by atoms with Crippen molar-refractivity contribution in [2.75, 3.05) is 0 Å². The molecule has 1 amide bonds. The van der Waals surface area contributed by atoms with E-state index in [1.54, 1.807) is 6.20 Å². The molecule has 0 unspecified atom stereocenters. The van der Waals surface area contributed by atoms with Crippen LogP contribution in [0.2, 0.25) is 0 Å². The molecule has 1 N–H and O–H groups in total.